The van der Waals surface area contributed by atoms with Crippen molar-refractivity contribution in [3.05, 3.63) is 57.9 Å². The van der Waals surface area contributed by atoms with Gasteiger partial charge in [-0.15, -0.1) is 0 Å². The average Bonchev–Trinajstić information content (AvgIpc) is 2.71. The Hall–Kier alpha value is -2.25. The number of amides is 1. The summed E-state index contributed by atoms with van der Waals surface area (Å²) in [7, 11) is -3.62. The van der Waals surface area contributed by atoms with Crippen LogP contribution < -0.4 is 0 Å². The quantitative estimate of drug-likeness (QED) is 0.793. The molecule has 1 aliphatic heterocycles. The van der Waals surface area contributed by atoms with Crippen molar-refractivity contribution in [1.82, 2.24) is 14.2 Å². The van der Waals surface area contributed by atoms with E-state index in [9.17, 15) is 13.2 Å². The first-order valence-electron chi connectivity index (χ1n) is 9.42. The van der Waals surface area contributed by atoms with Gasteiger partial charge in [-0.05, 0) is 74.6 Å². The van der Waals surface area contributed by atoms with Crippen molar-refractivity contribution in [2.75, 3.05) is 26.2 Å². The van der Waals surface area contributed by atoms with Crippen LogP contribution in [-0.2, 0) is 10.0 Å². The first-order valence-corrected chi connectivity index (χ1v) is 10.9. The van der Waals surface area contributed by atoms with E-state index in [1.54, 1.807) is 23.2 Å². The lowest BCUT2D eigenvalue weighted by molar-refractivity contribution is 0.0697. The molecule has 0 saturated carbocycles. The molecule has 1 saturated heterocycles. The Morgan fingerprint density at radius 1 is 0.893 bits per heavy atom. The second kappa shape index (κ2) is 7.64. The van der Waals surface area contributed by atoms with E-state index < -0.39 is 10.0 Å². The van der Waals surface area contributed by atoms with Gasteiger partial charge in [0.2, 0.25) is 10.0 Å². The van der Waals surface area contributed by atoms with E-state index in [0.717, 1.165) is 27.8 Å². The fraction of sp³-hybridized carbons (Fsp3) is 0.429. The number of piperazine rings is 1. The van der Waals surface area contributed by atoms with Crippen LogP contribution in [0.25, 0.3) is 0 Å². The lowest BCUT2D eigenvalue weighted by Crippen LogP contribution is -2.50. The van der Waals surface area contributed by atoms with Gasteiger partial charge >= 0.3 is 0 Å². The Morgan fingerprint density at radius 3 is 1.93 bits per heavy atom. The van der Waals surface area contributed by atoms with Crippen molar-refractivity contribution < 1.29 is 13.2 Å². The molecule has 0 N–H and O–H groups in total. The fourth-order valence-corrected chi connectivity index (χ4v) is 5.77. The predicted molar refractivity (Wildman–Crippen MR) is 109 cm³/mol. The molecule has 0 bridgehead atoms. The maximum absolute atomic E-state index is 13.4. The van der Waals surface area contributed by atoms with E-state index in [1.165, 1.54) is 10.5 Å². The molecular weight excluding hydrogens is 374 g/mol. The lowest BCUT2D eigenvalue weighted by atomic mass is 9.95. The molecule has 6 nitrogen and oxygen atoms in total. The van der Waals surface area contributed by atoms with Crippen LogP contribution in [0.4, 0.5) is 0 Å². The van der Waals surface area contributed by atoms with Gasteiger partial charge in [-0.25, -0.2) is 8.42 Å². The number of benzene rings is 1. The normalized spacial score (nSPS) is 15.7. The van der Waals surface area contributed by atoms with Crippen molar-refractivity contribution in [2.45, 2.75) is 39.5 Å². The molecular formula is C21H27N3O3S. The highest BCUT2D eigenvalue weighted by atomic mass is 32.2. The molecule has 1 fully saturated rings. The molecule has 0 unspecified atom stereocenters. The number of sulfonamides is 1. The zero-order valence-electron chi connectivity index (χ0n) is 17.1. The van der Waals surface area contributed by atoms with Gasteiger partial charge in [0.1, 0.15) is 0 Å². The van der Waals surface area contributed by atoms with Gasteiger partial charge in [-0.1, -0.05) is 0 Å². The molecule has 1 aromatic heterocycles. The van der Waals surface area contributed by atoms with Gasteiger partial charge < -0.3 is 4.90 Å². The summed E-state index contributed by atoms with van der Waals surface area (Å²) in [6.45, 7) is 11.1. The highest BCUT2D eigenvalue weighted by Gasteiger charge is 2.33. The largest absolute Gasteiger partial charge is 0.336 e. The number of hydrogen-bond acceptors (Lipinski definition) is 4. The molecule has 1 aliphatic rings. The van der Waals surface area contributed by atoms with E-state index in [2.05, 4.69) is 4.98 Å². The molecule has 3 rings (SSSR count). The smallest absolute Gasteiger partial charge is 0.255 e. The molecule has 1 aromatic carbocycles. The summed E-state index contributed by atoms with van der Waals surface area (Å²) < 4.78 is 28.3. The van der Waals surface area contributed by atoms with Crippen LogP contribution in [0.1, 0.15) is 38.2 Å². The third kappa shape index (κ3) is 3.44. The van der Waals surface area contributed by atoms with Gasteiger partial charge in [0.05, 0.1) is 10.5 Å². The number of carbonyl (C=O) groups excluding carboxylic acids is 1. The standard InChI is InChI=1S/C21H27N3O3S/c1-14-15(2)17(4)20(18(5)16(14)3)28(26,27)24-11-9-23(10-12-24)21(25)19-7-6-8-22-13-19/h6-8,13H,9-12H2,1-5H3. The summed E-state index contributed by atoms with van der Waals surface area (Å²) in [5, 5.41) is 0. The SMILES string of the molecule is Cc1c(C)c(C)c(S(=O)(=O)N2CCN(C(=O)c3cccnc3)CC2)c(C)c1C. The van der Waals surface area contributed by atoms with Gasteiger partial charge in [0.15, 0.2) is 0 Å². The van der Waals surface area contributed by atoms with E-state index in [0.29, 0.717) is 36.6 Å². The third-order valence-electron chi connectivity index (χ3n) is 5.96. The highest BCUT2D eigenvalue weighted by molar-refractivity contribution is 7.89. The van der Waals surface area contributed by atoms with Crippen molar-refractivity contribution in [2.24, 2.45) is 0 Å². The van der Waals surface area contributed by atoms with Crippen molar-refractivity contribution in [1.29, 1.82) is 0 Å². The summed E-state index contributed by atoms with van der Waals surface area (Å²) >= 11 is 0. The summed E-state index contributed by atoms with van der Waals surface area (Å²) in [4.78, 5) is 18.7. The molecule has 2 heterocycles. The molecule has 1 amide bonds. The molecule has 0 aliphatic carbocycles. The fourth-order valence-electron chi connectivity index (χ4n) is 3.79. The summed E-state index contributed by atoms with van der Waals surface area (Å²) in [6.07, 6.45) is 3.16. The minimum Gasteiger partial charge on any atom is -0.336 e. The van der Waals surface area contributed by atoms with Gasteiger partial charge in [-0.3, -0.25) is 9.78 Å². The Balaban J connectivity index is 1.84. The van der Waals surface area contributed by atoms with Gasteiger partial charge in [0, 0.05) is 38.6 Å². The van der Waals surface area contributed by atoms with E-state index >= 15 is 0 Å². The summed E-state index contributed by atoms with van der Waals surface area (Å²) in [5.41, 5.74) is 5.33. The maximum atomic E-state index is 13.4. The van der Waals surface area contributed by atoms with Gasteiger partial charge in [0.25, 0.3) is 5.91 Å². The second-order valence-electron chi connectivity index (χ2n) is 7.39. The predicted octanol–water partition coefficient (Wildman–Crippen LogP) is 2.77. The molecule has 0 atom stereocenters. The second-order valence-corrected chi connectivity index (χ2v) is 9.27. The molecule has 0 radical (unpaired) electrons. The monoisotopic (exact) mass is 401 g/mol. The lowest BCUT2D eigenvalue weighted by Gasteiger charge is -2.35. The van der Waals surface area contributed by atoms with Crippen LogP contribution in [0.2, 0.25) is 0 Å². The number of aromatic nitrogens is 1. The average molecular weight is 402 g/mol. The third-order valence-corrected chi connectivity index (χ3v) is 8.14. The summed E-state index contributed by atoms with van der Waals surface area (Å²) in [6, 6.07) is 3.45. The Morgan fingerprint density at radius 2 is 1.43 bits per heavy atom. The van der Waals surface area contributed by atoms with Crippen LogP contribution in [-0.4, -0.2) is 54.7 Å². The Labute approximate surface area is 167 Å². The van der Waals surface area contributed by atoms with Crippen molar-refractivity contribution in [3.63, 3.8) is 0 Å². The van der Waals surface area contributed by atoms with Crippen LogP contribution in [0.3, 0.4) is 0 Å². The molecule has 0 spiro atoms. The zero-order valence-corrected chi connectivity index (χ0v) is 17.9. The first-order chi connectivity index (χ1) is 13.2. The minimum atomic E-state index is -3.62. The van der Waals surface area contributed by atoms with Gasteiger partial charge in [-0.2, -0.15) is 4.31 Å². The van der Waals surface area contributed by atoms with E-state index in [-0.39, 0.29) is 5.91 Å². The topological polar surface area (TPSA) is 70.6 Å². The zero-order chi connectivity index (χ0) is 20.6. The highest BCUT2D eigenvalue weighted by Crippen LogP contribution is 2.32. The number of rotatable bonds is 3. The Kier molecular flexibility index (Phi) is 5.59. The Bertz CT molecular complexity index is 980. The first kappa shape index (κ1) is 20.5. The van der Waals surface area contributed by atoms with Crippen molar-refractivity contribution >= 4 is 15.9 Å². The van der Waals surface area contributed by atoms with Crippen LogP contribution in [0, 0.1) is 34.6 Å². The number of carbonyl (C=O) groups is 1. The molecule has 28 heavy (non-hydrogen) atoms. The number of hydrogen-bond donors (Lipinski definition) is 0. The van der Waals surface area contributed by atoms with Crippen LogP contribution in [0.5, 0.6) is 0 Å². The summed E-state index contributed by atoms with van der Waals surface area (Å²) in [5.74, 6) is -0.112. The minimum absolute atomic E-state index is 0.112. The number of nitrogens with zero attached hydrogens (tertiary/aromatic N) is 3. The maximum Gasteiger partial charge on any atom is 0.255 e. The molecule has 150 valence electrons. The van der Waals surface area contributed by atoms with Crippen LogP contribution >= 0.6 is 0 Å². The van der Waals surface area contributed by atoms with Crippen LogP contribution in [0.15, 0.2) is 29.4 Å². The van der Waals surface area contributed by atoms with Crippen molar-refractivity contribution in [3.8, 4) is 0 Å². The van der Waals surface area contributed by atoms with E-state index in [4.69, 9.17) is 0 Å². The molecule has 7 heteroatoms. The molecule has 2 aromatic rings. The number of pyridine rings is 1. The van der Waals surface area contributed by atoms with E-state index in [1.807, 2.05) is 34.6 Å².